The number of likely N-dealkylation sites (N-methyl/N-ethyl adjacent to an activating group) is 1. The Balaban J connectivity index is 1.71. The van der Waals surface area contributed by atoms with Crippen molar-refractivity contribution in [2.75, 3.05) is 7.05 Å². The second-order valence-electron chi connectivity index (χ2n) is 7.10. The van der Waals surface area contributed by atoms with Crippen LogP contribution in [0.1, 0.15) is 28.8 Å². The summed E-state index contributed by atoms with van der Waals surface area (Å²) in [5, 5.41) is 1.31. The smallest absolute Gasteiger partial charge is 0.252 e. The average Bonchev–Trinajstić information content (AvgIpc) is 2.74. The van der Waals surface area contributed by atoms with Crippen LogP contribution >= 0.6 is 23.2 Å². The van der Waals surface area contributed by atoms with Crippen LogP contribution in [-0.2, 0) is 16.0 Å². The van der Waals surface area contributed by atoms with Crippen LogP contribution in [0.3, 0.4) is 0 Å². The van der Waals surface area contributed by atoms with Crippen molar-refractivity contribution >= 4 is 29.1 Å². The van der Waals surface area contributed by atoms with Crippen molar-refractivity contribution in [3.8, 4) is 0 Å². The van der Waals surface area contributed by atoms with Crippen LogP contribution in [-0.4, -0.2) is 28.9 Å². The predicted octanol–water partition coefficient (Wildman–Crippen LogP) is 5.27. The zero-order chi connectivity index (χ0) is 20.4. The number of rotatable bonds is 4. The van der Waals surface area contributed by atoms with E-state index in [9.17, 15) is 4.79 Å². The molecule has 148 valence electrons. The van der Waals surface area contributed by atoms with Crippen molar-refractivity contribution < 1.29 is 9.53 Å². The minimum atomic E-state index is -0.577. The average molecular weight is 427 g/mol. The van der Waals surface area contributed by atoms with Crippen LogP contribution < -0.4 is 0 Å². The van der Waals surface area contributed by atoms with Crippen molar-refractivity contribution in [2.45, 2.75) is 24.7 Å². The Kier molecular flexibility index (Phi) is 5.86. The first-order valence-electron chi connectivity index (χ1n) is 9.35. The SMILES string of the molecule is CN1C(=O)[C@H](Cc2ccncc2)O[C@@H](c2ccc(Cl)cc2)[C@H]1c1ccc(Cl)cc1. The zero-order valence-corrected chi connectivity index (χ0v) is 17.3. The molecule has 0 spiro atoms. The van der Waals surface area contributed by atoms with E-state index in [-0.39, 0.29) is 18.1 Å². The number of benzene rings is 2. The van der Waals surface area contributed by atoms with Gasteiger partial charge in [-0.2, -0.15) is 0 Å². The lowest BCUT2D eigenvalue weighted by Crippen LogP contribution is -2.49. The van der Waals surface area contributed by atoms with Crippen molar-refractivity contribution in [1.82, 2.24) is 9.88 Å². The van der Waals surface area contributed by atoms with E-state index in [4.69, 9.17) is 27.9 Å². The largest absolute Gasteiger partial charge is 0.358 e. The van der Waals surface area contributed by atoms with Gasteiger partial charge in [0.1, 0.15) is 12.2 Å². The first-order chi connectivity index (χ1) is 14.0. The second-order valence-corrected chi connectivity index (χ2v) is 7.97. The minimum absolute atomic E-state index is 0.0491. The molecule has 1 saturated heterocycles. The molecule has 29 heavy (non-hydrogen) atoms. The highest BCUT2D eigenvalue weighted by molar-refractivity contribution is 6.30. The summed E-state index contributed by atoms with van der Waals surface area (Å²) in [6.45, 7) is 0. The van der Waals surface area contributed by atoms with Gasteiger partial charge in [0, 0.05) is 35.9 Å². The zero-order valence-electron chi connectivity index (χ0n) is 15.8. The number of morpholine rings is 1. The summed E-state index contributed by atoms with van der Waals surface area (Å²) < 4.78 is 6.41. The molecule has 0 bridgehead atoms. The van der Waals surface area contributed by atoms with Crippen LogP contribution in [0, 0.1) is 0 Å². The fourth-order valence-electron chi connectivity index (χ4n) is 3.72. The quantitative estimate of drug-likeness (QED) is 0.570. The number of hydrogen-bond acceptors (Lipinski definition) is 3. The number of hydrogen-bond donors (Lipinski definition) is 0. The summed E-state index contributed by atoms with van der Waals surface area (Å²) in [6, 6.07) is 18.6. The van der Waals surface area contributed by atoms with Crippen molar-refractivity contribution in [3.63, 3.8) is 0 Å². The Hall–Kier alpha value is -2.40. The van der Waals surface area contributed by atoms with Gasteiger partial charge in [0.05, 0.1) is 6.04 Å². The van der Waals surface area contributed by atoms with E-state index in [1.165, 1.54) is 0 Å². The molecule has 3 aromatic rings. The van der Waals surface area contributed by atoms with Gasteiger partial charge in [-0.05, 0) is 53.1 Å². The van der Waals surface area contributed by atoms with Gasteiger partial charge in [0.25, 0.3) is 5.91 Å². The molecule has 4 rings (SSSR count). The maximum absolute atomic E-state index is 13.1. The Morgan fingerprint density at radius 3 is 2.03 bits per heavy atom. The maximum Gasteiger partial charge on any atom is 0.252 e. The molecule has 0 aliphatic carbocycles. The molecular weight excluding hydrogens is 407 g/mol. The number of carbonyl (C=O) groups is 1. The molecule has 0 radical (unpaired) electrons. The molecular formula is C23H20Cl2N2O2. The Bertz CT molecular complexity index is 978. The van der Waals surface area contributed by atoms with E-state index in [2.05, 4.69) is 4.98 Å². The molecule has 6 heteroatoms. The summed E-state index contributed by atoms with van der Waals surface area (Å²) in [6.07, 6.45) is 3.02. The van der Waals surface area contributed by atoms with E-state index in [1.807, 2.05) is 67.7 Å². The molecule has 1 aliphatic rings. The van der Waals surface area contributed by atoms with E-state index in [1.54, 1.807) is 17.3 Å². The van der Waals surface area contributed by atoms with Gasteiger partial charge in [0.15, 0.2) is 0 Å². The maximum atomic E-state index is 13.1. The standard InChI is InChI=1S/C23H20Cl2N2O2/c1-27-21(16-2-6-18(24)7-3-16)22(17-4-8-19(25)9-5-17)29-20(23(27)28)14-15-10-12-26-13-11-15/h2-13,20-22H,14H2,1H3/t20-,21+,22-/m0/s1. The third-order valence-electron chi connectivity index (χ3n) is 5.22. The van der Waals surface area contributed by atoms with Gasteiger partial charge in [0.2, 0.25) is 0 Å². The highest BCUT2D eigenvalue weighted by atomic mass is 35.5. The Morgan fingerprint density at radius 1 is 0.897 bits per heavy atom. The molecule has 0 saturated carbocycles. The van der Waals surface area contributed by atoms with Gasteiger partial charge in [-0.25, -0.2) is 0 Å². The number of pyridine rings is 1. The van der Waals surface area contributed by atoms with Crippen LogP contribution in [0.2, 0.25) is 10.0 Å². The molecule has 0 N–H and O–H groups in total. The molecule has 3 atom stereocenters. The Labute approximate surface area is 180 Å². The summed E-state index contributed by atoms with van der Waals surface area (Å²) in [7, 11) is 1.83. The number of amides is 1. The van der Waals surface area contributed by atoms with E-state index < -0.39 is 6.10 Å². The van der Waals surface area contributed by atoms with E-state index >= 15 is 0 Å². The van der Waals surface area contributed by atoms with E-state index in [0.717, 1.165) is 16.7 Å². The van der Waals surface area contributed by atoms with Gasteiger partial charge in [-0.3, -0.25) is 9.78 Å². The molecule has 0 unspecified atom stereocenters. The van der Waals surface area contributed by atoms with Gasteiger partial charge in [-0.1, -0.05) is 47.5 Å². The predicted molar refractivity (Wildman–Crippen MR) is 114 cm³/mol. The van der Waals surface area contributed by atoms with Crippen LogP contribution in [0.25, 0.3) is 0 Å². The lowest BCUT2D eigenvalue weighted by atomic mass is 9.91. The summed E-state index contributed by atoms with van der Waals surface area (Å²) >= 11 is 12.2. The molecule has 1 aromatic heterocycles. The van der Waals surface area contributed by atoms with Gasteiger partial charge < -0.3 is 9.64 Å². The lowest BCUT2D eigenvalue weighted by Gasteiger charge is -2.43. The van der Waals surface area contributed by atoms with Crippen molar-refractivity contribution in [2.24, 2.45) is 0 Å². The highest BCUT2D eigenvalue weighted by Crippen LogP contribution is 2.42. The fourth-order valence-corrected chi connectivity index (χ4v) is 3.97. The number of aromatic nitrogens is 1. The van der Waals surface area contributed by atoms with Crippen LogP contribution in [0.4, 0.5) is 0 Å². The normalized spacial score (nSPS) is 22.0. The second kappa shape index (κ2) is 8.54. The van der Waals surface area contributed by atoms with Crippen molar-refractivity contribution in [3.05, 3.63) is 99.8 Å². The first-order valence-corrected chi connectivity index (χ1v) is 10.1. The summed E-state index contributed by atoms with van der Waals surface area (Å²) in [5.41, 5.74) is 2.94. The Morgan fingerprint density at radius 2 is 1.45 bits per heavy atom. The number of carbonyl (C=O) groups excluding carboxylic acids is 1. The minimum Gasteiger partial charge on any atom is -0.358 e. The highest BCUT2D eigenvalue weighted by Gasteiger charge is 2.42. The molecule has 2 aromatic carbocycles. The van der Waals surface area contributed by atoms with Crippen molar-refractivity contribution in [1.29, 1.82) is 0 Å². The number of halogens is 2. The monoisotopic (exact) mass is 426 g/mol. The molecule has 4 nitrogen and oxygen atoms in total. The first kappa shape index (κ1) is 19.9. The van der Waals surface area contributed by atoms with Crippen LogP contribution in [0.5, 0.6) is 0 Å². The molecule has 1 fully saturated rings. The third-order valence-corrected chi connectivity index (χ3v) is 5.72. The topological polar surface area (TPSA) is 42.4 Å². The van der Waals surface area contributed by atoms with E-state index in [0.29, 0.717) is 16.5 Å². The summed E-state index contributed by atoms with van der Waals surface area (Å²) in [4.78, 5) is 19.0. The third kappa shape index (κ3) is 4.30. The molecule has 2 heterocycles. The lowest BCUT2D eigenvalue weighted by molar-refractivity contribution is -0.171. The van der Waals surface area contributed by atoms with Crippen LogP contribution in [0.15, 0.2) is 73.1 Å². The van der Waals surface area contributed by atoms with Gasteiger partial charge in [-0.15, -0.1) is 0 Å². The van der Waals surface area contributed by atoms with Gasteiger partial charge >= 0.3 is 0 Å². The number of nitrogens with zero attached hydrogens (tertiary/aromatic N) is 2. The fraction of sp³-hybridized carbons (Fsp3) is 0.217. The summed E-state index contributed by atoms with van der Waals surface area (Å²) in [5.74, 6) is -0.0491. The molecule has 1 amide bonds. The molecule has 1 aliphatic heterocycles. The number of ether oxygens (including phenoxy) is 1.